The Hall–Kier alpha value is -0.280. The Balaban J connectivity index is 1.84. The normalized spacial score (nSPS) is 26.4. The molecule has 0 saturated carbocycles. The summed E-state index contributed by atoms with van der Waals surface area (Å²) in [6, 6.07) is 0. The molecule has 4 N–H and O–H groups in total. The molecule has 5 atom stereocenters. The lowest BCUT2D eigenvalue weighted by molar-refractivity contribution is -0.302. The summed E-state index contributed by atoms with van der Waals surface area (Å²) in [5.41, 5.74) is 0. The predicted octanol–water partition coefficient (Wildman–Crippen LogP) is 3.30. The summed E-state index contributed by atoms with van der Waals surface area (Å²) in [6.45, 7) is 3.06. The van der Waals surface area contributed by atoms with Gasteiger partial charge in [-0.05, 0) is 6.42 Å². The Kier molecular flexibility index (Phi) is 17.8. The quantitative estimate of drug-likeness (QED) is 0.212. The van der Waals surface area contributed by atoms with Gasteiger partial charge in [-0.1, -0.05) is 90.4 Å². The fraction of sp³-hybridized carbons (Fsp3) is 1.00. The molecule has 0 bridgehead atoms. The van der Waals surface area contributed by atoms with E-state index in [1.54, 1.807) is 0 Å². The van der Waals surface area contributed by atoms with Gasteiger partial charge in [-0.25, -0.2) is 0 Å². The second-order valence-electron chi connectivity index (χ2n) is 8.78. The van der Waals surface area contributed by atoms with Crippen LogP contribution in [0.25, 0.3) is 0 Å². The van der Waals surface area contributed by atoms with Crippen molar-refractivity contribution in [2.24, 2.45) is 0 Å². The number of hydrogen-bond donors (Lipinski definition) is 4. The highest BCUT2D eigenvalue weighted by molar-refractivity contribution is 4.88. The van der Waals surface area contributed by atoms with E-state index in [9.17, 15) is 15.3 Å². The van der Waals surface area contributed by atoms with Crippen molar-refractivity contribution < 1.29 is 34.6 Å². The third-order valence-electron chi connectivity index (χ3n) is 6.00. The van der Waals surface area contributed by atoms with Gasteiger partial charge in [0.15, 0.2) is 6.29 Å². The zero-order valence-corrected chi connectivity index (χ0v) is 19.6. The first kappa shape index (κ1) is 28.8. The predicted molar refractivity (Wildman–Crippen MR) is 121 cm³/mol. The van der Waals surface area contributed by atoms with Crippen molar-refractivity contribution in [3.05, 3.63) is 0 Å². The molecule has 1 aliphatic heterocycles. The number of rotatable bonds is 20. The molecule has 1 heterocycles. The van der Waals surface area contributed by atoms with Crippen LogP contribution in [0.1, 0.15) is 96.8 Å². The lowest BCUT2D eigenvalue weighted by atomic mass is 9.99. The maximum Gasteiger partial charge on any atom is 0.186 e. The highest BCUT2D eigenvalue weighted by Gasteiger charge is 2.43. The van der Waals surface area contributed by atoms with Crippen molar-refractivity contribution in [3.8, 4) is 0 Å². The van der Waals surface area contributed by atoms with Gasteiger partial charge >= 0.3 is 0 Å². The number of hydrogen-bond acceptors (Lipinski definition) is 7. The standard InChI is InChI=1S/C24H48O7/c1-2-3-4-5-6-7-8-9-10-11-12-13-14-15-16-29-17-18-30-24-23(28)22(27)21(26)20(19-25)31-24/h20-28H,2-19H2,1H3/t20-,21-,22+,23+,24+/m1/s1. The summed E-state index contributed by atoms with van der Waals surface area (Å²) < 4.78 is 16.2. The summed E-state index contributed by atoms with van der Waals surface area (Å²) in [5.74, 6) is 0. The molecule has 0 aliphatic carbocycles. The molecule has 7 heteroatoms. The Labute approximate surface area is 189 Å². The second kappa shape index (κ2) is 19.2. The fourth-order valence-corrected chi connectivity index (χ4v) is 3.93. The van der Waals surface area contributed by atoms with Crippen LogP contribution in [0.5, 0.6) is 0 Å². The highest BCUT2D eigenvalue weighted by Crippen LogP contribution is 2.21. The van der Waals surface area contributed by atoms with Gasteiger partial charge in [-0.2, -0.15) is 0 Å². The van der Waals surface area contributed by atoms with E-state index < -0.39 is 37.3 Å². The molecule has 0 unspecified atom stereocenters. The third-order valence-corrected chi connectivity index (χ3v) is 6.00. The van der Waals surface area contributed by atoms with Gasteiger partial charge in [-0.3, -0.25) is 0 Å². The minimum Gasteiger partial charge on any atom is -0.394 e. The van der Waals surface area contributed by atoms with Gasteiger partial charge in [0.05, 0.1) is 19.8 Å². The van der Waals surface area contributed by atoms with Crippen LogP contribution in [0.3, 0.4) is 0 Å². The van der Waals surface area contributed by atoms with E-state index in [0.29, 0.717) is 13.2 Å². The van der Waals surface area contributed by atoms with E-state index >= 15 is 0 Å². The van der Waals surface area contributed by atoms with Crippen LogP contribution in [0.2, 0.25) is 0 Å². The van der Waals surface area contributed by atoms with E-state index in [4.69, 9.17) is 19.3 Å². The van der Waals surface area contributed by atoms with Gasteiger partial charge in [0, 0.05) is 6.61 Å². The van der Waals surface area contributed by atoms with Crippen LogP contribution >= 0.6 is 0 Å². The molecule has 0 aromatic rings. The molecule has 1 fully saturated rings. The van der Waals surface area contributed by atoms with E-state index in [0.717, 1.165) is 6.42 Å². The maximum atomic E-state index is 9.88. The Morgan fingerprint density at radius 2 is 1.13 bits per heavy atom. The van der Waals surface area contributed by atoms with Gasteiger partial charge in [0.2, 0.25) is 0 Å². The minimum absolute atomic E-state index is 0.210. The number of aliphatic hydroxyl groups is 4. The molecular weight excluding hydrogens is 400 g/mol. The molecule has 7 nitrogen and oxygen atoms in total. The summed E-state index contributed by atoms with van der Waals surface area (Å²) in [4.78, 5) is 0. The molecule has 0 spiro atoms. The number of unbranched alkanes of at least 4 members (excludes halogenated alkanes) is 13. The zero-order valence-electron chi connectivity index (χ0n) is 19.6. The molecule has 0 radical (unpaired) electrons. The smallest absolute Gasteiger partial charge is 0.186 e. The monoisotopic (exact) mass is 448 g/mol. The largest absolute Gasteiger partial charge is 0.394 e. The van der Waals surface area contributed by atoms with E-state index in [1.165, 1.54) is 83.5 Å². The molecule has 0 amide bonds. The van der Waals surface area contributed by atoms with E-state index in [2.05, 4.69) is 6.92 Å². The van der Waals surface area contributed by atoms with Gasteiger partial charge < -0.3 is 34.6 Å². The van der Waals surface area contributed by atoms with Gasteiger partial charge in [0.1, 0.15) is 24.4 Å². The molecule has 0 aromatic heterocycles. The molecule has 1 saturated heterocycles. The molecule has 186 valence electrons. The summed E-state index contributed by atoms with van der Waals surface area (Å²) in [7, 11) is 0. The molecule has 0 aromatic carbocycles. The Morgan fingerprint density at radius 3 is 1.65 bits per heavy atom. The van der Waals surface area contributed by atoms with Crippen molar-refractivity contribution in [2.75, 3.05) is 26.4 Å². The molecule has 1 rings (SSSR count). The SMILES string of the molecule is CCCCCCCCCCCCCCCCOCCO[C@H]1O[C@H](CO)[C@@H](O)[C@H](O)[C@@H]1O. The lowest BCUT2D eigenvalue weighted by Crippen LogP contribution is -2.59. The zero-order chi connectivity index (χ0) is 22.7. The maximum absolute atomic E-state index is 9.88. The van der Waals surface area contributed by atoms with Crippen LogP contribution in [-0.4, -0.2) is 77.6 Å². The van der Waals surface area contributed by atoms with Crippen LogP contribution in [0.15, 0.2) is 0 Å². The number of aliphatic hydroxyl groups excluding tert-OH is 4. The Bertz CT molecular complexity index is 394. The van der Waals surface area contributed by atoms with Crippen molar-refractivity contribution >= 4 is 0 Å². The van der Waals surface area contributed by atoms with Crippen molar-refractivity contribution in [2.45, 2.75) is 128 Å². The van der Waals surface area contributed by atoms with Crippen LogP contribution in [0, 0.1) is 0 Å². The first-order valence-corrected chi connectivity index (χ1v) is 12.6. The van der Waals surface area contributed by atoms with Crippen molar-refractivity contribution in [1.29, 1.82) is 0 Å². The lowest BCUT2D eigenvalue weighted by Gasteiger charge is -2.39. The summed E-state index contributed by atoms with van der Waals surface area (Å²) in [6.07, 6.45) is 12.4. The first-order valence-electron chi connectivity index (χ1n) is 12.6. The topological polar surface area (TPSA) is 109 Å². The van der Waals surface area contributed by atoms with E-state index in [1.807, 2.05) is 0 Å². The first-order chi connectivity index (χ1) is 15.1. The molecular formula is C24H48O7. The van der Waals surface area contributed by atoms with E-state index in [-0.39, 0.29) is 6.61 Å². The highest BCUT2D eigenvalue weighted by atomic mass is 16.7. The average Bonchev–Trinajstić information content (AvgIpc) is 2.78. The van der Waals surface area contributed by atoms with Gasteiger partial charge in [-0.15, -0.1) is 0 Å². The van der Waals surface area contributed by atoms with Crippen LogP contribution in [0.4, 0.5) is 0 Å². The van der Waals surface area contributed by atoms with Crippen LogP contribution < -0.4 is 0 Å². The number of ether oxygens (including phenoxy) is 3. The third kappa shape index (κ3) is 13.1. The summed E-state index contributed by atoms with van der Waals surface area (Å²) in [5, 5.41) is 38.5. The minimum atomic E-state index is -1.41. The van der Waals surface area contributed by atoms with Crippen molar-refractivity contribution in [1.82, 2.24) is 0 Å². The second-order valence-corrected chi connectivity index (χ2v) is 8.78. The summed E-state index contributed by atoms with van der Waals surface area (Å²) >= 11 is 0. The molecule has 31 heavy (non-hydrogen) atoms. The fourth-order valence-electron chi connectivity index (χ4n) is 3.93. The average molecular weight is 449 g/mol. The Morgan fingerprint density at radius 1 is 0.613 bits per heavy atom. The van der Waals surface area contributed by atoms with Gasteiger partial charge in [0.25, 0.3) is 0 Å². The molecule has 1 aliphatic rings. The van der Waals surface area contributed by atoms with Crippen molar-refractivity contribution in [3.63, 3.8) is 0 Å². The van der Waals surface area contributed by atoms with Crippen LogP contribution in [-0.2, 0) is 14.2 Å².